The van der Waals surface area contributed by atoms with Gasteiger partial charge in [0.25, 0.3) is 5.91 Å². The van der Waals surface area contributed by atoms with Crippen LogP contribution in [0.25, 0.3) is 0 Å². The van der Waals surface area contributed by atoms with Crippen LogP contribution in [0, 0.1) is 0 Å². The zero-order valence-corrected chi connectivity index (χ0v) is 23.9. The van der Waals surface area contributed by atoms with Gasteiger partial charge in [-0.25, -0.2) is 9.59 Å². The van der Waals surface area contributed by atoms with E-state index in [1.165, 1.54) is 0 Å². The molecule has 2 fully saturated rings. The SMILES string of the molecule is CN(CCN(C)C(=O)c1ccc(CNC(=O)OC(C)(C)C)cc1)C(=O)CCCC[C@@H]1SC[C@@H]2NC(=O)N[C@@H]21. The fraction of sp³-hybridized carbons (Fsp3) is 0.630. The summed E-state index contributed by atoms with van der Waals surface area (Å²) >= 11 is 1.89. The van der Waals surface area contributed by atoms with Crippen LogP contribution in [0.15, 0.2) is 24.3 Å². The van der Waals surface area contributed by atoms with Crippen molar-refractivity contribution in [1.29, 1.82) is 0 Å². The van der Waals surface area contributed by atoms with Crippen molar-refractivity contribution < 1.29 is 23.9 Å². The predicted octanol–water partition coefficient (Wildman–Crippen LogP) is 2.97. The van der Waals surface area contributed by atoms with Crippen LogP contribution in [-0.4, -0.2) is 89.6 Å². The maximum atomic E-state index is 12.8. The van der Waals surface area contributed by atoms with Gasteiger partial charge in [0, 0.05) is 56.7 Å². The van der Waals surface area contributed by atoms with Crippen molar-refractivity contribution in [2.45, 2.75) is 75.9 Å². The van der Waals surface area contributed by atoms with E-state index in [9.17, 15) is 19.2 Å². The number of hydrogen-bond donors (Lipinski definition) is 3. The molecule has 0 spiro atoms. The molecule has 0 aromatic heterocycles. The normalized spacial score (nSPS) is 20.2. The second-order valence-electron chi connectivity index (χ2n) is 11.0. The minimum absolute atomic E-state index is 0.0699. The molecule has 0 radical (unpaired) electrons. The third-order valence-corrected chi connectivity index (χ3v) is 8.16. The summed E-state index contributed by atoms with van der Waals surface area (Å²) in [4.78, 5) is 51.9. The van der Waals surface area contributed by atoms with E-state index in [4.69, 9.17) is 4.74 Å². The van der Waals surface area contributed by atoms with Crippen molar-refractivity contribution in [1.82, 2.24) is 25.8 Å². The van der Waals surface area contributed by atoms with Crippen LogP contribution < -0.4 is 16.0 Å². The summed E-state index contributed by atoms with van der Waals surface area (Å²) in [6.07, 6.45) is 2.72. The van der Waals surface area contributed by atoms with Gasteiger partial charge < -0.3 is 30.5 Å². The molecule has 1 aromatic carbocycles. The van der Waals surface area contributed by atoms with E-state index in [0.29, 0.717) is 36.9 Å². The highest BCUT2D eigenvalue weighted by atomic mass is 32.2. The number of nitrogens with zero attached hydrogens (tertiary/aromatic N) is 2. The standard InChI is InChI=1S/C27H41N5O5S/c1-27(2,3)37-26(36)28-16-18-10-12-19(13-11-18)24(34)32(5)15-14-31(4)22(33)9-7-6-8-21-23-20(17-38-21)29-25(35)30-23/h10-13,20-21,23H,6-9,14-17H2,1-5H3,(H,28,36)(H2,29,30,35)/t20-,21-,23-/m0/s1. The average molecular weight is 548 g/mol. The van der Waals surface area contributed by atoms with E-state index in [2.05, 4.69) is 16.0 Å². The van der Waals surface area contributed by atoms with Gasteiger partial charge in [-0.2, -0.15) is 11.8 Å². The summed E-state index contributed by atoms with van der Waals surface area (Å²) in [5.74, 6) is 0.885. The Morgan fingerprint density at radius 1 is 1.05 bits per heavy atom. The van der Waals surface area contributed by atoms with Gasteiger partial charge in [0.2, 0.25) is 5.91 Å². The predicted molar refractivity (Wildman–Crippen MR) is 148 cm³/mol. The Morgan fingerprint density at radius 2 is 1.74 bits per heavy atom. The summed E-state index contributed by atoms with van der Waals surface area (Å²) < 4.78 is 5.23. The maximum absolute atomic E-state index is 12.8. The number of ether oxygens (including phenoxy) is 1. The Morgan fingerprint density at radius 3 is 2.42 bits per heavy atom. The minimum atomic E-state index is -0.559. The van der Waals surface area contributed by atoms with Crippen LogP contribution in [0.4, 0.5) is 9.59 Å². The number of benzene rings is 1. The van der Waals surface area contributed by atoms with E-state index in [1.54, 1.807) is 68.9 Å². The number of carbonyl (C=O) groups is 4. The van der Waals surface area contributed by atoms with E-state index in [0.717, 1.165) is 30.6 Å². The van der Waals surface area contributed by atoms with E-state index in [-0.39, 0.29) is 29.9 Å². The number of nitrogens with one attached hydrogen (secondary N) is 3. The summed E-state index contributed by atoms with van der Waals surface area (Å²) in [5.41, 5.74) is 0.844. The Bertz CT molecular complexity index is 997. The van der Waals surface area contributed by atoms with E-state index < -0.39 is 11.7 Å². The van der Waals surface area contributed by atoms with Crippen LogP contribution in [0.1, 0.15) is 62.4 Å². The monoisotopic (exact) mass is 547 g/mol. The fourth-order valence-corrected chi connectivity index (χ4v) is 6.00. The lowest BCUT2D eigenvalue weighted by atomic mass is 10.0. The molecule has 3 N–H and O–H groups in total. The zero-order chi connectivity index (χ0) is 27.9. The van der Waals surface area contributed by atoms with E-state index >= 15 is 0 Å². The smallest absolute Gasteiger partial charge is 0.407 e. The first-order valence-electron chi connectivity index (χ1n) is 13.2. The lowest BCUT2D eigenvalue weighted by molar-refractivity contribution is -0.130. The van der Waals surface area contributed by atoms with Crippen molar-refractivity contribution in [2.75, 3.05) is 32.9 Å². The number of amides is 5. The fourth-order valence-electron chi connectivity index (χ4n) is 4.46. The van der Waals surface area contributed by atoms with Crippen LogP contribution >= 0.6 is 11.8 Å². The average Bonchev–Trinajstić information content (AvgIpc) is 3.41. The maximum Gasteiger partial charge on any atom is 0.407 e. The molecule has 5 amide bonds. The van der Waals surface area contributed by atoms with Gasteiger partial charge in [-0.05, 0) is 51.3 Å². The number of carbonyl (C=O) groups excluding carboxylic acids is 4. The minimum Gasteiger partial charge on any atom is -0.444 e. The van der Waals surface area contributed by atoms with Crippen molar-refractivity contribution in [2.24, 2.45) is 0 Å². The first-order chi connectivity index (χ1) is 17.9. The molecule has 2 heterocycles. The number of urea groups is 1. The van der Waals surface area contributed by atoms with Crippen molar-refractivity contribution in [3.8, 4) is 0 Å². The molecule has 2 aliphatic rings. The first-order valence-corrected chi connectivity index (χ1v) is 14.2. The molecule has 2 saturated heterocycles. The number of fused-ring (bicyclic) bond motifs is 1. The Labute approximate surface area is 229 Å². The molecule has 210 valence electrons. The Kier molecular flexibility index (Phi) is 10.3. The van der Waals surface area contributed by atoms with Gasteiger partial charge in [-0.3, -0.25) is 9.59 Å². The molecule has 0 aliphatic carbocycles. The first kappa shape index (κ1) is 29.6. The molecule has 3 atom stereocenters. The molecule has 2 aliphatic heterocycles. The summed E-state index contributed by atoms with van der Waals surface area (Å²) in [6.45, 7) is 6.61. The number of unbranched alkanes of at least 4 members (excludes halogenated alkanes) is 1. The second-order valence-corrected chi connectivity index (χ2v) is 12.2. The Hall–Kier alpha value is -2.95. The molecule has 3 rings (SSSR count). The van der Waals surface area contributed by atoms with E-state index in [1.807, 2.05) is 11.8 Å². The molecule has 11 heteroatoms. The van der Waals surface area contributed by atoms with Gasteiger partial charge in [-0.1, -0.05) is 18.6 Å². The number of hydrogen-bond acceptors (Lipinski definition) is 6. The molecule has 0 unspecified atom stereocenters. The lowest BCUT2D eigenvalue weighted by Crippen LogP contribution is -2.37. The largest absolute Gasteiger partial charge is 0.444 e. The molecular formula is C27H41N5O5S. The number of likely N-dealkylation sites (N-methyl/N-ethyl adjacent to an activating group) is 2. The second kappa shape index (κ2) is 13.2. The van der Waals surface area contributed by atoms with Crippen molar-refractivity contribution in [3.63, 3.8) is 0 Å². The molecular weight excluding hydrogens is 506 g/mol. The molecule has 38 heavy (non-hydrogen) atoms. The van der Waals surface area contributed by atoms with Crippen LogP contribution in [0.5, 0.6) is 0 Å². The van der Waals surface area contributed by atoms with Gasteiger partial charge in [0.05, 0.1) is 12.1 Å². The number of thioether (sulfide) groups is 1. The highest BCUT2D eigenvalue weighted by Gasteiger charge is 2.42. The number of alkyl carbamates (subject to hydrolysis) is 1. The summed E-state index contributed by atoms with van der Waals surface area (Å²) in [7, 11) is 3.49. The Balaban J connectivity index is 1.32. The van der Waals surface area contributed by atoms with Gasteiger partial charge in [0.15, 0.2) is 0 Å². The van der Waals surface area contributed by atoms with Gasteiger partial charge in [-0.15, -0.1) is 0 Å². The third-order valence-electron chi connectivity index (χ3n) is 6.65. The van der Waals surface area contributed by atoms with Gasteiger partial charge >= 0.3 is 12.1 Å². The lowest BCUT2D eigenvalue weighted by Gasteiger charge is -2.23. The summed E-state index contributed by atoms with van der Waals surface area (Å²) in [6, 6.07) is 7.42. The van der Waals surface area contributed by atoms with Crippen LogP contribution in [-0.2, 0) is 16.1 Å². The van der Waals surface area contributed by atoms with Crippen molar-refractivity contribution in [3.05, 3.63) is 35.4 Å². The molecule has 0 bridgehead atoms. The van der Waals surface area contributed by atoms with Gasteiger partial charge in [0.1, 0.15) is 5.60 Å². The summed E-state index contributed by atoms with van der Waals surface area (Å²) in [5, 5.41) is 9.06. The highest BCUT2D eigenvalue weighted by Crippen LogP contribution is 2.33. The molecule has 1 aromatic rings. The van der Waals surface area contributed by atoms with Crippen molar-refractivity contribution >= 4 is 35.7 Å². The third kappa shape index (κ3) is 8.82. The number of rotatable bonds is 11. The van der Waals surface area contributed by atoms with Crippen LogP contribution in [0.2, 0.25) is 0 Å². The molecule has 0 saturated carbocycles. The topological polar surface area (TPSA) is 120 Å². The quantitative estimate of drug-likeness (QED) is 0.289. The highest BCUT2D eigenvalue weighted by molar-refractivity contribution is 8.00. The zero-order valence-electron chi connectivity index (χ0n) is 23.0. The van der Waals surface area contributed by atoms with Crippen LogP contribution in [0.3, 0.4) is 0 Å². The molecule has 10 nitrogen and oxygen atoms in total.